The summed E-state index contributed by atoms with van der Waals surface area (Å²) in [4.78, 5) is 23.9. The zero-order chi connectivity index (χ0) is 27.6. The van der Waals surface area contributed by atoms with Gasteiger partial charge in [-0.25, -0.2) is 8.42 Å². The average Bonchev–Trinajstić information content (AvgIpc) is 2.77. The largest absolute Gasteiger partial charge is 0.486 e. The number of nitrogens with zero attached hydrogens (tertiary/aromatic N) is 1. The van der Waals surface area contributed by atoms with Gasteiger partial charge >= 0.3 is 12.1 Å². The number of carbonyl (C=O) groups is 2. The SMILES string of the molecule is CCNC(=O)C[C@H]1CN(S(=O)(=O)c2cccc(C(F)(F)F)c2)c2cc(CC(=O)OC(C)(C)C)ccc2O1. The van der Waals surface area contributed by atoms with Gasteiger partial charge in [0.1, 0.15) is 17.5 Å². The standard InChI is InChI=1S/C25H29F3N2O6S/c1-5-29-22(31)14-18-15-30(37(33,34)19-8-6-7-17(13-19)25(26,27)28)20-11-16(9-10-21(20)35-18)12-23(32)36-24(2,3)4/h6-11,13,18H,5,12,14-15H2,1-4H3,(H,29,31)/t18-/m0/s1. The Bertz CT molecular complexity index is 1270. The smallest absolute Gasteiger partial charge is 0.416 e. The molecule has 0 saturated carbocycles. The molecule has 0 aromatic heterocycles. The highest BCUT2D eigenvalue weighted by Gasteiger charge is 2.37. The van der Waals surface area contributed by atoms with Crippen LogP contribution in [0.15, 0.2) is 47.4 Å². The molecule has 8 nitrogen and oxygen atoms in total. The Morgan fingerprint density at radius 1 is 1.14 bits per heavy atom. The molecule has 1 amide bonds. The van der Waals surface area contributed by atoms with Gasteiger partial charge in [0.05, 0.1) is 35.5 Å². The van der Waals surface area contributed by atoms with Crippen molar-refractivity contribution in [3.8, 4) is 5.75 Å². The number of amides is 1. The minimum Gasteiger partial charge on any atom is -0.486 e. The number of carbonyl (C=O) groups excluding carboxylic acids is 2. The van der Waals surface area contributed by atoms with Crippen molar-refractivity contribution in [1.82, 2.24) is 5.32 Å². The second-order valence-corrected chi connectivity index (χ2v) is 11.4. The molecule has 202 valence electrons. The number of rotatable bonds is 7. The van der Waals surface area contributed by atoms with Crippen LogP contribution < -0.4 is 14.4 Å². The molecule has 0 spiro atoms. The second kappa shape index (κ2) is 10.6. The van der Waals surface area contributed by atoms with E-state index in [1.807, 2.05) is 0 Å². The second-order valence-electron chi connectivity index (χ2n) is 9.52. The van der Waals surface area contributed by atoms with Crippen LogP contribution in [-0.4, -0.2) is 45.1 Å². The number of nitrogens with one attached hydrogen (secondary N) is 1. The van der Waals surface area contributed by atoms with E-state index in [1.54, 1.807) is 33.8 Å². The maximum Gasteiger partial charge on any atom is 0.416 e. The van der Waals surface area contributed by atoms with Crippen molar-refractivity contribution < 1.29 is 40.7 Å². The molecule has 1 atom stereocenters. The summed E-state index contributed by atoms with van der Waals surface area (Å²) in [6.07, 6.45) is -5.96. The van der Waals surface area contributed by atoms with E-state index in [9.17, 15) is 31.2 Å². The van der Waals surface area contributed by atoms with Crippen LogP contribution in [0.1, 0.15) is 45.2 Å². The molecule has 0 bridgehead atoms. The third kappa shape index (κ3) is 7.15. The fraction of sp³-hybridized carbons (Fsp3) is 0.440. The Morgan fingerprint density at radius 2 is 1.84 bits per heavy atom. The van der Waals surface area contributed by atoms with E-state index in [0.29, 0.717) is 18.2 Å². The summed E-state index contributed by atoms with van der Waals surface area (Å²) in [5, 5.41) is 2.61. The Labute approximate surface area is 213 Å². The monoisotopic (exact) mass is 542 g/mol. The van der Waals surface area contributed by atoms with Crippen LogP contribution in [0.25, 0.3) is 0 Å². The minimum absolute atomic E-state index is 0.0469. The fourth-order valence-electron chi connectivity index (χ4n) is 3.78. The predicted molar refractivity (Wildman–Crippen MR) is 130 cm³/mol. The Morgan fingerprint density at radius 3 is 2.46 bits per heavy atom. The van der Waals surface area contributed by atoms with Crippen LogP contribution in [0.5, 0.6) is 5.75 Å². The van der Waals surface area contributed by atoms with Crippen molar-refractivity contribution in [1.29, 1.82) is 0 Å². The maximum atomic E-state index is 13.6. The summed E-state index contributed by atoms with van der Waals surface area (Å²) in [7, 11) is -4.51. The lowest BCUT2D eigenvalue weighted by Gasteiger charge is -2.35. The minimum atomic E-state index is -4.74. The third-order valence-corrected chi connectivity index (χ3v) is 7.04. The summed E-state index contributed by atoms with van der Waals surface area (Å²) >= 11 is 0. The van der Waals surface area contributed by atoms with E-state index in [2.05, 4.69) is 5.32 Å². The number of anilines is 1. The Hall–Kier alpha value is -3.28. The van der Waals surface area contributed by atoms with Gasteiger partial charge in [0.25, 0.3) is 10.0 Å². The molecule has 12 heteroatoms. The molecular formula is C25H29F3N2O6S. The normalized spacial score (nSPS) is 16.0. The molecule has 0 saturated heterocycles. The van der Waals surface area contributed by atoms with Gasteiger partial charge in [-0.2, -0.15) is 13.2 Å². The molecule has 2 aromatic rings. The molecule has 0 unspecified atom stereocenters. The first-order chi connectivity index (χ1) is 17.1. The number of benzene rings is 2. The maximum absolute atomic E-state index is 13.6. The van der Waals surface area contributed by atoms with Crippen LogP contribution in [0.3, 0.4) is 0 Å². The summed E-state index contributed by atoms with van der Waals surface area (Å²) in [6, 6.07) is 7.88. The van der Waals surface area contributed by atoms with Gasteiger partial charge in [-0.05, 0) is 63.6 Å². The predicted octanol–water partition coefficient (Wildman–Crippen LogP) is 4.07. The molecule has 1 N–H and O–H groups in total. The van der Waals surface area contributed by atoms with E-state index >= 15 is 0 Å². The number of hydrogen-bond acceptors (Lipinski definition) is 6. The van der Waals surface area contributed by atoms with Gasteiger partial charge < -0.3 is 14.8 Å². The quantitative estimate of drug-likeness (QED) is 0.530. The van der Waals surface area contributed by atoms with Crippen LogP contribution in [0.4, 0.5) is 18.9 Å². The average molecular weight is 543 g/mol. The van der Waals surface area contributed by atoms with Crippen molar-refractivity contribution in [3.63, 3.8) is 0 Å². The number of hydrogen-bond donors (Lipinski definition) is 1. The lowest BCUT2D eigenvalue weighted by Crippen LogP contribution is -2.45. The number of halogens is 3. The molecular weight excluding hydrogens is 513 g/mol. The summed E-state index contributed by atoms with van der Waals surface area (Å²) in [5.74, 6) is -0.788. The molecule has 3 rings (SSSR count). The lowest BCUT2D eigenvalue weighted by molar-refractivity contribution is -0.154. The summed E-state index contributed by atoms with van der Waals surface area (Å²) in [6.45, 7) is 6.91. The van der Waals surface area contributed by atoms with Crippen LogP contribution in [0, 0.1) is 0 Å². The van der Waals surface area contributed by atoms with Crippen molar-refractivity contribution in [2.45, 2.75) is 63.3 Å². The zero-order valence-electron chi connectivity index (χ0n) is 20.9. The van der Waals surface area contributed by atoms with E-state index in [4.69, 9.17) is 9.47 Å². The molecule has 37 heavy (non-hydrogen) atoms. The topological polar surface area (TPSA) is 102 Å². The number of alkyl halides is 3. The molecule has 0 radical (unpaired) electrons. The van der Waals surface area contributed by atoms with Crippen LogP contribution >= 0.6 is 0 Å². The van der Waals surface area contributed by atoms with Crippen molar-refractivity contribution in [2.24, 2.45) is 0 Å². The van der Waals surface area contributed by atoms with Crippen LogP contribution in [0.2, 0.25) is 0 Å². The lowest BCUT2D eigenvalue weighted by atomic mass is 10.1. The van der Waals surface area contributed by atoms with Gasteiger partial charge in [-0.1, -0.05) is 12.1 Å². The molecule has 2 aromatic carbocycles. The van der Waals surface area contributed by atoms with E-state index in [-0.39, 0.29) is 36.7 Å². The first-order valence-electron chi connectivity index (χ1n) is 11.6. The first-order valence-corrected chi connectivity index (χ1v) is 13.0. The van der Waals surface area contributed by atoms with Gasteiger partial charge in [-0.15, -0.1) is 0 Å². The number of fused-ring (bicyclic) bond motifs is 1. The Kier molecular flexibility index (Phi) is 8.11. The van der Waals surface area contributed by atoms with Crippen molar-refractivity contribution in [3.05, 3.63) is 53.6 Å². The summed E-state index contributed by atoms with van der Waals surface area (Å²) < 4.78 is 79.2. The van der Waals surface area contributed by atoms with Gasteiger partial charge in [0.15, 0.2) is 0 Å². The molecule has 1 heterocycles. The first kappa shape index (κ1) is 28.3. The number of esters is 1. The highest BCUT2D eigenvalue weighted by molar-refractivity contribution is 7.92. The third-order valence-electron chi connectivity index (χ3n) is 5.26. The number of ether oxygens (including phenoxy) is 2. The van der Waals surface area contributed by atoms with Crippen molar-refractivity contribution in [2.75, 3.05) is 17.4 Å². The molecule has 0 aliphatic carbocycles. The van der Waals surface area contributed by atoms with E-state index in [0.717, 1.165) is 22.5 Å². The van der Waals surface area contributed by atoms with Gasteiger partial charge in [0.2, 0.25) is 5.91 Å². The van der Waals surface area contributed by atoms with E-state index in [1.165, 1.54) is 12.1 Å². The Balaban J connectivity index is 2.03. The van der Waals surface area contributed by atoms with Crippen LogP contribution in [-0.2, 0) is 36.9 Å². The van der Waals surface area contributed by atoms with Gasteiger partial charge in [-0.3, -0.25) is 13.9 Å². The van der Waals surface area contributed by atoms with E-state index < -0.39 is 44.3 Å². The highest BCUT2D eigenvalue weighted by Crippen LogP contribution is 2.39. The number of sulfonamides is 1. The molecule has 1 aliphatic heterocycles. The highest BCUT2D eigenvalue weighted by atomic mass is 32.2. The zero-order valence-corrected chi connectivity index (χ0v) is 21.7. The fourth-order valence-corrected chi connectivity index (χ4v) is 5.33. The molecule has 1 aliphatic rings. The summed E-state index contributed by atoms with van der Waals surface area (Å²) in [5.41, 5.74) is -1.37. The van der Waals surface area contributed by atoms with Gasteiger partial charge in [0, 0.05) is 6.54 Å². The molecule has 0 fully saturated rings. The van der Waals surface area contributed by atoms with Crippen molar-refractivity contribution >= 4 is 27.6 Å².